The zero-order chi connectivity index (χ0) is 13.5. The summed E-state index contributed by atoms with van der Waals surface area (Å²) in [6, 6.07) is -1.31. The molecule has 0 saturated carbocycles. The van der Waals surface area contributed by atoms with Gasteiger partial charge in [0.15, 0.2) is 5.54 Å². The third-order valence-corrected chi connectivity index (χ3v) is 2.48. The van der Waals surface area contributed by atoms with Crippen LogP contribution in [0.15, 0.2) is 0 Å². The van der Waals surface area contributed by atoms with Crippen LogP contribution in [0.2, 0.25) is 0 Å². The molecule has 0 radical (unpaired) electrons. The van der Waals surface area contributed by atoms with E-state index >= 15 is 0 Å². The van der Waals surface area contributed by atoms with Crippen LogP contribution >= 0.6 is 0 Å². The maximum atomic E-state index is 12.7. The second kappa shape index (κ2) is 3.76. The van der Waals surface area contributed by atoms with Crippen LogP contribution in [-0.2, 0) is 9.53 Å². The van der Waals surface area contributed by atoms with E-state index in [1.165, 1.54) is 12.2 Å². The zero-order valence-corrected chi connectivity index (χ0v) is 9.01. The van der Waals surface area contributed by atoms with Gasteiger partial charge in [-0.1, -0.05) is 0 Å². The molecule has 1 heterocycles. The smallest absolute Gasteiger partial charge is 0.439 e. The third kappa shape index (κ3) is 1.79. The summed E-state index contributed by atoms with van der Waals surface area (Å²) in [6.07, 6.45) is -5.23. The highest BCUT2D eigenvalue weighted by Gasteiger charge is 2.73. The van der Waals surface area contributed by atoms with Crippen LogP contribution in [0.25, 0.3) is 0 Å². The molecule has 1 rings (SSSR count). The first kappa shape index (κ1) is 13.6. The van der Waals surface area contributed by atoms with Crippen molar-refractivity contribution in [3.63, 3.8) is 0 Å². The lowest BCUT2D eigenvalue weighted by Gasteiger charge is -2.36. The van der Waals surface area contributed by atoms with Crippen LogP contribution in [0.4, 0.5) is 18.0 Å². The molecule has 0 aromatic rings. The van der Waals surface area contributed by atoms with E-state index < -0.39 is 29.4 Å². The number of carbonyl (C=O) groups excluding carboxylic acids is 2. The van der Waals surface area contributed by atoms with Crippen molar-refractivity contribution in [1.29, 1.82) is 0 Å². The van der Waals surface area contributed by atoms with Crippen LogP contribution in [0.5, 0.6) is 0 Å². The van der Waals surface area contributed by atoms with Crippen LogP contribution in [0, 0.1) is 0 Å². The zero-order valence-electron chi connectivity index (χ0n) is 9.01. The molecular formula is C8H11F3N2O4. The van der Waals surface area contributed by atoms with Crippen LogP contribution < -0.4 is 10.6 Å². The van der Waals surface area contributed by atoms with Gasteiger partial charge >= 0.3 is 18.2 Å². The number of ether oxygens (including phenoxy) is 1. The lowest BCUT2D eigenvalue weighted by molar-refractivity contribution is -0.284. The Hall–Kier alpha value is -1.51. The maximum absolute atomic E-state index is 12.7. The number of halogens is 3. The fourth-order valence-corrected chi connectivity index (χ4v) is 1.47. The van der Waals surface area contributed by atoms with Gasteiger partial charge in [-0.15, -0.1) is 0 Å². The summed E-state index contributed by atoms with van der Waals surface area (Å²) < 4.78 is 42.5. The van der Waals surface area contributed by atoms with Gasteiger partial charge < -0.3 is 15.2 Å². The fourth-order valence-electron chi connectivity index (χ4n) is 1.47. The van der Waals surface area contributed by atoms with Crippen molar-refractivity contribution in [2.45, 2.75) is 31.3 Å². The van der Waals surface area contributed by atoms with E-state index in [0.29, 0.717) is 0 Å². The minimum atomic E-state index is -5.23. The molecule has 2 atom stereocenters. The maximum Gasteiger partial charge on any atom is 0.439 e. The number of aliphatic hydroxyl groups is 1. The summed E-state index contributed by atoms with van der Waals surface area (Å²) >= 11 is 0. The standard InChI is InChI=1S/C8H11F3N2O4/c1-3-17-4(14)6(2)7(16,8(9,10)11)13-5(15)12-6/h16H,3H2,1-2H3,(H2,12,13,15)/t6-,7-/m0/s1. The quantitative estimate of drug-likeness (QED) is 0.601. The Morgan fingerprint density at radius 3 is 2.41 bits per heavy atom. The van der Waals surface area contributed by atoms with Gasteiger partial charge in [0.25, 0.3) is 5.72 Å². The van der Waals surface area contributed by atoms with E-state index in [1.807, 2.05) is 0 Å². The van der Waals surface area contributed by atoms with Gasteiger partial charge in [-0.2, -0.15) is 13.2 Å². The average molecular weight is 256 g/mol. The normalized spacial score (nSPS) is 32.9. The number of hydrogen-bond acceptors (Lipinski definition) is 4. The molecule has 1 aliphatic heterocycles. The Kier molecular flexibility index (Phi) is 3.00. The molecular weight excluding hydrogens is 245 g/mol. The van der Waals surface area contributed by atoms with Gasteiger partial charge in [-0.05, 0) is 13.8 Å². The highest BCUT2D eigenvalue weighted by molar-refractivity contribution is 5.93. The van der Waals surface area contributed by atoms with Gasteiger partial charge in [0.2, 0.25) is 0 Å². The van der Waals surface area contributed by atoms with Gasteiger partial charge in [-0.3, -0.25) is 5.32 Å². The van der Waals surface area contributed by atoms with Gasteiger partial charge in [0, 0.05) is 0 Å². The van der Waals surface area contributed by atoms with E-state index in [9.17, 15) is 27.9 Å². The molecule has 17 heavy (non-hydrogen) atoms. The first-order chi connectivity index (χ1) is 7.58. The van der Waals surface area contributed by atoms with E-state index in [4.69, 9.17) is 0 Å². The third-order valence-electron chi connectivity index (χ3n) is 2.48. The number of carbonyl (C=O) groups is 2. The first-order valence-electron chi connectivity index (χ1n) is 4.65. The SMILES string of the molecule is CCOC(=O)[C@]1(C)NC(=O)N[C@@]1(O)C(F)(F)F. The van der Waals surface area contributed by atoms with Crippen molar-refractivity contribution in [1.82, 2.24) is 10.6 Å². The van der Waals surface area contributed by atoms with Crippen molar-refractivity contribution in [2.24, 2.45) is 0 Å². The Morgan fingerprint density at radius 2 is 2.00 bits per heavy atom. The molecule has 1 fully saturated rings. The molecule has 1 aliphatic rings. The van der Waals surface area contributed by atoms with Gasteiger partial charge in [-0.25, -0.2) is 9.59 Å². The minimum Gasteiger partial charge on any atom is -0.464 e. The Labute approximate surface area is 94.1 Å². The molecule has 0 spiro atoms. The number of urea groups is 1. The number of amides is 2. The van der Waals surface area contributed by atoms with E-state index in [1.54, 1.807) is 5.32 Å². The number of alkyl halides is 3. The lowest BCUT2D eigenvalue weighted by atomic mass is 9.89. The number of rotatable bonds is 2. The largest absolute Gasteiger partial charge is 0.464 e. The van der Waals surface area contributed by atoms with Crippen LogP contribution in [0.1, 0.15) is 13.8 Å². The molecule has 0 aliphatic carbocycles. The monoisotopic (exact) mass is 256 g/mol. The van der Waals surface area contributed by atoms with E-state index in [0.717, 1.165) is 6.92 Å². The predicted molar refractivity (Wildman–Crippen MR) is 47.7 cm³/mol. The van der Waals surface area contributed by atoms with E-state index in [2.05, 4.69) is 4.74 Å². The summed E-state index contributed by atoms with van der Waals surface area (Å²) in [7, 11) is 0. The number of hydrogen-bond donors (Lipinski definition) is 3. The first-order valence-corrected chi connectivity index (χ1v) is 4.65. The summed E-state index contributed by atoms with van der Waals surface area (Å²) in [5.41, 5.74) is -6.33. The Morgan fingerprint density at radius 1 is 1.47 bits per heavy atom. The number of esters is 1. The molecule has 3 N–H and O–H groups in total. The fraction of sp³-hybridized carbons (Fsp3) is 0.750. The van der Waals surface area contributed by atoms with Gasteiger partial charge in [0.1, 0.15) is 0 Å². The predicted octanol–water partition coefficient (Wildman–Crippen LogP) is -0.128. The van der Waals surface area contributed by atoms with Crippen molar-refractivity contribution >= 4 is 12.0 Å². The molecule has 0 aromatic heterocycles. The Balaban J connectivity index is 3.20. The summed E-state index contributed by atoms with van der Waals surface area (Å²) in [5, 5.41) is 12.5. The molecule has 0 aromatic carbocycles. The lowest BCUT2D eigenvalue weighted by Crippen LogP contribution is -2.70. The van der Waals surface area contributed by atoms with Crippen molar-refractivity contribution < 1.29 is 32.6 Å². The summed E-state index contributed by atoms with van der Waals surface area (Å²) in [5.74, 6) is -1.38. The molecule has 2 amide bonds. The topological polar surface area (TPSA) is 87.7 Å². The molecule has 9 heteroatoms. The number of nitrogens with one attached hydrogen (secondary N) is 2. The van der Waals surface area contributed by atoms with E-state index in [-0.39, 0.29) is 6.61 Å². The van der Waals surface area contributed by atoms with Gasteiger partial charge in [0.05, 0.1) is 6.61 Å². The highest BCUT2D eigenvalue weighted by Crippen LogP contribution is 2.39. The molecule has 1 saturated heterocycles. The molecule has 98 valence electrons. The van der Waals surface area contributed by atoms with Crippen molar-refractivity contribution in [3.8, 4) is 0 Å². The Bertz CT molecular complexity index is 359. The molecule has 6 nitrogen and oxygen atoms in total. The second-order valence-electron chi connectivity index (χ2n) is 3.63. The highest BCUT2D eigenvalue weighted by atomic mass is 19.4. The van der Waals surface area contributed by atoms with Crippen LogP contribution in [-0.4, -0.2) is 41.2 Å². The molecule has 0 bridgehead atoms. The van der Waals surface area contributed by atoms with Crippen molar-refractivity contribution in [2.75, 3.05) is 6.61 Å². The molecule has 0 unspecified atom stereocenters. The minimum absolute atomic E-state index is 0.182. The summed E-state index contributed by atoms with van der Waals surface area (Å²) in [6.45, 7) is 1.94. The van der Waals surface area contributed by atoms with Crippen molar-refractivity contribution in [3.05, 3.63) is 0 Å². The second-order valence-corrected chi connectivity index (χ2v) is 3.63. The summed E-state index contributed by atoms with van der Waals surface area (Å²) in [4.78, 5) is 22.4. The van der Waals surface area contributed by atoms with Crippen LogP contribution in [0.3, 0.4) is 0 Å². The average Bonchev–Trinajstić information content (AvgIpc) is 2.38.